The zero-order valence-electron chi connectivity index (χ0n) is 19.6. The van der Waals surface area contributed by atoms with Crippen LogP contribution in [0.15, 0.2) is 60.9 Å². The monoisotopic (exact) mass is 674 g/mol. The standard InChI is InChI=1S/C27H25N2.CH3.Ir.Y/c1-17-9-8-10-18(2)24(17)23-16-19(27(3,4)5)15-22-20-11-6-7-12-21(20)26-28-13-14-29(26)25(22)23;;;/h6-11,13-16H,1-5H3;1H3;;/q2*-1;;. The van der Waals surface area contributed by atoms with Crippen LogP contribution >= 0.6 is 0 Å². The number of pyridine rings is 1. The van der Waals surface area contributed by atoms with Gasteiger partial charge in [-0.2, -0.15) is 0 Å². The molecule has 32 heavy (non-hydrogen) atoms. The number of aromatic nitrogens is 2. The van der Waals surface area contributed by atoms with E-state index < -0.39 is 0 Å². The molecule has 0 saturated carbocycles. The van der Waals surface area contributed by atoms with Crippen molar-refractivity contribution in [2.24, 2.45) is 0 Å². The van der Waals surface area contributed by atoms with E-state index in [1.54, 1.807) is 0 Å². The van der Waals surface area contributed by atoms with E-state index in [2.05, 4.69) is 98.7 Å². The molecule has 164 valence electrons. The average molecular weight is 674 g/mol. The first kappa shape index (κ1) is 26.9. The van der Waals surface area contributed by atoms with Crippen LogP contribution in [0.5, 0.6) is 0 Å². The van der Waals surface area contributed by atoms with Gasteiger partial charge < -0.3 is 11.8 Å². The molecule has 0 unspecified atom stereocenters. The van der Waals surface area contributed by atoms with Gasteiger partial charge in [0.1, 0.15) is 0 Å². The van der Waals surface area contributed by atoms with Crippen molar-refractivity contribution < 1.29 is 52.8 Å². The molecule has 0 bridgehead atoms. The third-order valence-corrected chi connectivity index (χ3v) is 5.98. The largest absolute Gasteiger partial charge is 0.358 e. The second kappa shape index (κ2) is 9.86. The van der Waals surface area contributed by atoms with Crippen molar-refractivity contribution in [1.82, 2.24) is 9.38 Å². The number of aryl methyl sites for hydroxylation is 2. The quantitative estimate of drug-likeness (QED) is 0.133. The van der Waals surface area contributed by atoms with Crippen molar-refractivity contribution in [3.8, 4) is 11.1 Å². The topological polar surface area (TPSA) is 17.3 Å². The summed E-state index contributed by atoms with van der Waals surface area (Å²) in [5.41, 5.74) is 8.76. The van der Waals surface area contributed by atoms with Gasteiger partial charge in [-0.1, -0.05) is 50.4 Å². The van der Waals surface area contributed by atoms with Crippen LogP contribution in [0.4, 0.5) is 0 Å². The van der Waals surface area contributed by atoms with Crippen molar-refractivity contribution in [3.63, 3.8) is 0 Å². The van der Waals surface area contributed by atoms with Crippen LogP contribution in [-0.4, -0.2) is 9.38 Å². The minimum atomic E-state index is 0. The van der Waals surface area contributed by atoms with Crippen LogP contribution in [0, 0.1) is 27.3 Å². The van der Waals surface area contributed by atoms with Gasteiger partial charge in [0, 0.05) is 76.3 Å². The smallest absolute Gasteiger partial charge is 0.0608 e. The zero-order chi connectivity index (χ0) is 20.3. The Morgan fingerprint density at radius 1 is 0.938 bits per heavy atom. The van der Waals surface area contributed by atoms with Crippen molar-refractivity contribution in [1.29, 1.82) is 0 Å². The number of hydrogen-bond donors (Lipinski definition) is 0. The summed E-state index contributed by atoms with van der Waals surface area (Å²) in [4.78, 5) is 4.68. The second-order valence-electron chi connectivity index (χ2n) is 9.02. The predicted molar refractivity (Wildman–Crippen MR) is 129 cm³/mol. The van der Waals surface area contributed by atoms with Crippen molar-refractivity contribution in [2.75, 3.05) is 0 Å². The van der Waals surface area contributed by atoms with Crippen LogP contribution < -0.4 is 0 Å². The van der Waals surface area contributed by atoms with Crippen LogP contribution in [0.25, 0.3) is 38.4 Å². The molecular weight excluding hydrogens is 645 g/mol. The normalized spacial score (nSPS) is 11.2. The molecule has 4 heteroatoms. The Morgan fingerprint density at radius 3 is 2.28 bits per heavy atom. The van der Waals surface area contributed by atoms with E-state index in [0.717, 1.165) is 11.0 Å². The Hall–Kier alpha value is -1.38. The molecule has 0 N–H and O–H groups in total. The molecule has 0 fully saturated rings. The van der Waals surface area contributed by atoms with E-state index in [9.17, 15) is 0 Å². The van der Waals surface area contributed by atoms with E-state index in [-0.39, 0.29) is 65.7 Å². The third kappa shape index (κ3) is 4.26. The second-order valence-corrected chi connectivity index (χ2v) is 9.02. The summed E-state index contributed by atoms with van der Waals surface area (Å²) in [5, 5.41) is 3.54. The van der Waals surface area contributed by atoms with Crippen LogP contribution in [0.3, 0.4) is 0 Å². The van der Waals surface area contributed by atoms with E-state index in [1.807, 2.05) is 12.3 Å². The molecule has 2 aromatic heterocycles. The molecule has 3 aromatic carbocycles. The first-order valence-corrected chi connectivity index (χ1v) is 10.2. The molecule has 0 amide bonds. The summed E-state index contributed by atoms with van der Waals surface area (Å²) in [7, 11) is 0. The summed E-state index contributed by atoms with van der Waals surface area (Å²) >= 11 is 0. The fourth-order valence-electron chi connectivity index (χ4n) is 4.48. The summed E-state index contributed by atoms with van der Waals surface area (Å²) in [6.07, 6.45) is 3.97. The molecule has 5 aromatic rings. The molecule has 0 atom stereocenters. The first-order valence-electron chi connectivity index (χ1n) is 10.2. The van der Waals surface area contributed by atoms with E-state index in [4.69, 9.17) is 0 Å². The Kier molecular flexibility index (Phi) is 8.28. The molecule has 0 spiro atoms. The van der Waals surface area contributed by atoms with Crippen LogP contribution in [0.1, 0.15) is 37.5 Å². The minimum absolute atomic E-state index is 0. The number of nitrogens with zero attached hydrogens (tertiary/aromatic N) is 2. The van der Waals surface area contributed by atoms with Gasteiger partial charge in [0.15, 0.2) is 0 Å². The molecule has 0 aliphatic carbocycles. The Morgan fingerprint density at radius 2 is 1.62 bits per heavy atom. The Balaban J connectivity index is 0.00000121. The molecule has 0 aliphatic heterocycles. The van der Waals surface area contributed by atoms with Gasteiger partial charge in [0.25, 0.3) is 0 Å². The SMILES string of the molecule is Cc1cccc(C)c1-c1cc(C(C)(C)C)cc2c3ccc[c-]c3c3nccn3c12.[CH3-].[Ir].[Y]. The molecule has 5 rings (SSSR count). The maximum absolute atomic E-state index is 4.68. The van der Waals surface area contributed by atoms with E-state index in [1.165, 1.54) is 44.1 Å². The fraction of sp³-hybridized carbons (Fsp3) is 0.214. The Bertz CT molecular complexity index is 1390. The van der Waals surface area contributed by atoms with Crippen molar-refractivity contribution in [2.45, 2.75) is 40.0 Å². The van der Waals surface area contributed by atoms with E-state index >= 15 is 0 Å². The van der Waals surface area contributed by atoms with Crippen molar-refractivity contribution >= 4 is 27.3 Å². The third-order valence-electron chi connectivity index (χ3n) is 5.98. The molecular formula is C28H28IrN2Y-2. The van der Waals surface area contributed by atoms with Crippen LogP contribution in [-0.2, 0) is 58.2 Å². The van der Waals surface area contributed by atoms with Gasteiger partial charge >= 0.3 is 0 Å². The first-order chi connectivity index (χ1) is 13.9. The summed E-state index contributed by atoms with van der Waals surface area (Å²) in [6.45, 7) is 11.3. The molecule has 0 aliphatic rings. The van der Waals surface area contributed by atoms with Gasteiger partial charge in [-0.05, 0) is 53.0 Å². The van der Waals surface area contributed by atoms with Gasteiger partial charge in [-0.3, -0.25) is 4.98 Å². The number of imidazole rings is 1. The number of rotatable bonds is 1. The average Bonchev–Trinajstić information content (AvgIpc) is 3.17. The molecule has 2 heterocycles. The van der Waals surface area contributed by atoms with Gasteiger partial charge in [-0.15, -0.1) is 29.7 Å². The number of fused-ring (bicyclic) bond motifs is 6. The molecule has 2 radical (unpaired) electrons. The summed E-state index contributed by atoms with van der Waals surface area (Å²) < 4.78 is 2.24. The maximum Gasteiger partial charge on any atom is 0.0608 e. The minimum Gasteiger partial charge on any atom is -0.358 e. The predicted octanol–water partition coefficient (Wildman–Crippen LogP) is 7.47. The summed E-state index contributed by atoms with van der Waals surface area (Å²) in [5.74, 6) is 0. The van der Waals surface area contributed by atoms with E-state index in [0.29, 0.717) is 0 Å². The van der Waals surface area contributed by atoms with Gasteiger partial charge in [0.05, 0.1) is 5.65 Å². The number of hydrogen-bond acceptors (Lipinski definition) is 1. The molecule has 2 nitrogen and oxygen atoms in total. The maximum atomic E-state index is 4.68. The van der Waals surface area contributed by atoms with Crippen LogP contribution in [0.2, 0.25) is 0 Å². The fourth-order valence-corrected chi connectivity index (χ4v) is 4.48. The van der Waals surface area contributed by atoms with Gasteiger partial charge in [-0.25, -0.2) is 0 Å². The summed E-state index contributed by atoms with van der Waals surface area (Å²) in [6, 6.07) is 21.0. The number of benzene rings is 3. The molecule has 0 saturated heterocycles. The zero-order valence-corrected chi connectivity index (χ0v) is 24.8. The van der Waals surface area contributed by atoms with Gasteiger partial charge in [0.2, 0.25) is 0 Å². The Labute approximate surface area is 230 Å². The van der Waals surface area contributed by atoms with Crippen molar-refractivity contribution in [3.05, 3.63) is 91.1 Å².